The molecule has 0 radical (unpaired) electrons. The molecular formula is C12H17BrN2O2. The summed E-state index contributed by atoms with van der Waals surface area (Å²) in [6.07, 6.45) is -0.487. The number of rotatable bonds is 4. The predicted molar refractivity (Wildman–Crippen MR) is 73.0 cm³/mol. The normalized spacial score (nSPS) is 12.2. The molecule has 5 heteroatoms. The number of nitrogens with one attached hydrogen (secondary N) is 1. The minimum Gasteiger partial charge on any atom is -0.397 e. The number of anilines is 2. The SMILES string of the molecule is CCOC(C)C(=O)Nc1cc(Br)cc(C)c1N. The Bertz CT molecular complexity index is 421. The summed E-state index contributed by atoms with van der Waals surface area (Å²) in [7, 11) is 0. The van der Waals surface area contributed by atoms with Crippen LogP contribution in [-0.2, 0) is 9.53 Å². The van der Waals surface area contributed by atoms with Gasteiger partial charge in [0.1, 0.15) is 6.10 Å². The standard InChI is InChI=1S/C12H17BrN2O2/c1-4-17-8(3)12(16)15-10-6-9(13)5-7(2)11(10)14/h5-6,8H,4,14H2,1-3H3,(H,15,16). The molecule has 0 bridgehead atoms. The molecule has 1 unspecified atom stereocenters. The number of nitrogen functional groups attached to an aromatic ring is 1. The van der Waals surface area contributed by atoms with Gasteiger partial charge in [0.05, 0.1) is 11.4 Å². The predicted octanol–water partition coefficient (Wildman–Crippen LogP) is 2.70. The van der Waals surface area contributed by atoms with Crippen molar-refractivity contribution >= 4 is 33.2 Å². The first-order valence-electron chi connectivity index (χ1n) is 5.43. The number of amides is 1. The molecule has 0 aliphatic heterocycles. The summed E-state index contributed by atoms with van der Waals surface area (Å²) < 4.78 is 6.09. The third kappa shape index (κ3) is 3.71. The fourth-order valence-electron chi connectivity index (χ4n) is 1.42. The van der Waals surface area contributed by atoms with Crippen molar-refractivity contribution in [1.82, 2.24) is 0 Å². The van der Waals surface area contributed by atoms with Crippen LogP contribution in [0.5, 0.6) is 0 Å². The number of carbonyl (C=O) groups is 1. The van der Waals surface area contributed by atoms with Crippen molar-refractivity contribution in [3.63, 3.8) is 0 Å². The smallest absolute Gasteiger partial charge is 0.253 e. The largest absolute Gasteiger partial charge is 0.397 e. The summed E-state index contributed by atoms with van der Waals surface area (Å²) >= 11 is 3.37. The zero-order chi connectivity index (χ0) is 13.0. The Hall–Kier alpha value is -1.07. The lowest BCUT2D eigenvalue weighted by molar-refractivity contribution is -0.126. The van der Waals surface area contributed by atoms with E-state index in [2.05, 4.69) is 21.2 Å². The molecule has 0 aliphatic carbocycles. The average Bonchev–Trinajstić information content (AvgIpc) is 2.25. The molecule has 0 saturated carbocycles. The van der Waals surface area contributed by atoms with Gasteiger partial charge in [0.15, 0.2) is 0 Å². The zero-order valence-corrected chi connectivity index (χ0v) is 11.8. The number of nitrogens with two attached hydrogens (primary N) is 1. The molecule has 17 heavy (non-hydrogen) atoms. The van der Waals surface area contributed by atoms with Gasteiger partial charge in [-0.3, -0.25) is 4.79 Å². The number of hydrogen-bond acceptors (Lipinski definition) is 3. The van der Waals surface area contributed by atoms with Gasteiger partial charge in [-0.2, -0.15) is 0 Å². The van der Waals surface area contributed by atoms with Gasteiger partial charge in [-0.25, -0.2) is 0 Å². The van der Waals surface area contributed by atoms with Gasteiger partial charge in [0.25, 0.3) is 5.91 Å². The minimum atomic E-state index is -0.487. The second-order valence-corrected chi connectivity index (χ2v) is 4.69. The van der Waals surface area contributed by atoms with E-state index in [0.717, 1.165) is 10.0 Å². The number of carbonyl (C=O) groups excluding carboxylic acids is 1. The summed E-state index contributed by atoms with van der Waals surface area (Å²) in [5, 5.41) is 2.76. The van der Waals surface area contributed by atoms with Crippen LogP contribution in [0.4, 0.5) is 11.4 Å². The fraction of sp³-hybridized carbons (Fsp3) is 0.417. The Balaban J connectivity index is 2.85. The quantitative estimate of drug-likeness (QED) is 0.840. The van der Waals surface area contributed by atoms with Crippen molar-refractivity contribution in [2.45, 2.75) is 26.9 Å². The monoisotopic (exact) mass is 300 g/mol. The van der Waals surface area contributed by atoms with Gasteiger partial charge >= 0.3 is 0 Å². The second-order valence-electron chi connectivity index (χ2n) is 3.77. The van der Waals surface area contributed by atoms with Crippen molar-refractivity contribution in [2.24, 2.45) is 0 Å². The maximum atomic E-state index is 11.8. The topological polar surface area (TPSA) is 64.3 Å². The van der Waals surface area contributed by atoms with E-state index < -0.39 is 6.10 Å². The Morgan fingerprint density at radius 2 is 2.24 bits per heavy atom. The molecule has 4 nitrogen and oxygen atoms in total. The maximum Gasteiger partial charge on any atom is 0.253 e. The fourth-order valence-corrected chi connectivity index (χ4v) is 1.99. The molecule has 94 valence electrons. The van der Waals surface area contributed by atoms with Crippen molar-refractivity contribution in [3.8, 4) is 0 Å². The molecular weight excluding hydrogens is 284 g/mol. The average molecular weight is 301 g/mol. The van der Waals surface area contributed by atoms with Gasteiger partial charge < -0.3 is 15.8 Å². The number of hydrogen-bond donors (Lipinski definition) is 2. The molecule has 0 aromatic heterocycles. The molecule has 1 amide bonds. The lowest BCUT2D eigenvalue weighted by Crippen LogP contribution is -2.28. The van der Waals surface area contributed by atoms with Crippen LogP contribution >= 0.6 is 15.9 Å². The minimum absolute atomic E-state index is 0.198. The Kier molecular flexibility index (Phi) is 4.96. The Labute approximate surface area is 110 Å². The summed E-state index contributed by atoms with van der Waals surface area (Å²) in [5.41, 5.74) is 7.99. The van der Waals surface area contributed by atoms with Gasteiger partial charge in [0.2, 0.25) is 0 Å². The van der Waals surface area contributed by atoms with E-state index >= 15 is 0 Å². The van der Waals surface area contributed by atoms with Crippen molar-refractivity contribution in [2.75, 3.05) is 17.7 Å². The summed E-state index contributed by atoms with van der Waals surface area (Å²) in [6, 6.07) is 3.68. The zero-order valence-electron chi connectivity index (χ0n) is 10.2. The van der Waals surface area contributed by atoms with Crippen LogP contribution in [0, 0.1) is 6.92 Å². The highest BCUT2D eigenvalue weighted by molar-refractivity contribution is 9.10. The van der Waals surface area contributed by atoms with Crippen molar-refractivity contribution < 1.29 is 9.53 Å². The van der Waals surface area contributed by atoms with E-state index in [0.29, 0.717) is 18.0 Å². The number of aryl methyl sites for hydroxylation is 1. The molecule has 0 saturated heterocycles. The molecule has 3 N–H and O–H groups in total. The van der Waals surface area contributed by atoms with Gasteiger partial charge in [-0.15, -0.1) is 0 Å². The molecule has 0 aliphatic rings. The lowest BCUT2D eigenvalue weighted by atomic mass is 10.1. The maximum absolute atomic E-state index is 11.8. The van der Waals surface area contributed by atoms with Crippen LogP contribution in [0.2, 0.25) is 0 Å². The second kappa shape index (κ2) is 6.02. The molecule has 1 aromatic carbocycles. The molecule has 1 aromatic rings. The lowest BCUT2D eigenvalue weighted by Gasteiger charge is -2.14. The molecule has 0 fully saturated rings. The van der Waals surface area contributed by atoms with Gasteiger partial charge in [0, 0.05) is 11.1 Å². The summed E-state index contributed by atoms with van der Waals surface area (Å²) in [4.78, 5) is 11.8. The number of halogens is 1. The van der Waals surface area contributed by atoms with Crippen LogP contribution in [-0.4, -0.2) is 18.6 Å². The highest BCUT2D eigenvalue weighted by Crippen LogP contribution is 2.27. The summed E-state index contributed by atoms with van der Waals surface area (Å²) in [6.45, 7) is 5.95. The highest BCUT2D eigenvalue weighted by atomic mass is 79.9. The van der Waals surface area contributed by atoms with Crippen LogP contribution in [0.1, 0.15) is 19.4 Å². The number of ether oxygens (including phenoxy) is 1. The Morgan fingerprint density at radius 1 is 1.59 bits per heavy atom. The first-order valence-corrected chi connectivity index (χ1v) is 6.23. The van der Waals surface area contributed by atoms with E-state index in [9.17, 15) is 4.79 Å². The summed E-state index contributed by atoms with van der Waals surface area (Å²) in [5.74, 6) is -0.198. The van der Waals surface area contributed by atoms with E-state index in [4.69, 9.17) is 10.5 Å². The van der Waals surface area contributed by atoms with Gasteiger partial charge in [-0.05, 0) is 38.5 Å². The van der Waals surface area contributed by atoms with Crippen LogP contribution in [0.25, 0.3) is 0 Å². The van der Waals surface area contributed by atoms with Gasteiger partial charge in [-0.1, -0.05) is 15.9 Å². The molecule has 1 rings (SSSR count). The molecule has 0 heterocycles. The van der Waals surface area contributed by atoms with Crippen LogP contribution < -0.4 is 11.1 Å². The van der Waals surface area contributed by atoms with E-state index in [1.807, 2.05) is 19.9 Å². The third-order valence-electron chi connectivity index (χ3n) is 2.40. The molecule has 0 spiro atoms. The van der Waals surface area contributed by atoms with Crippen LogP contribution in [0.3, 0.4) is 0 Å². The van der Waals surface area contributed by atoms with E-state index in [1.54, 1.807) is 13.0 Å². The van der Waals surface area contributed by atoms with Crippen molar-refractivity contribution in [1.29, 1.82) is 0 Å². The van der Waals surface area contributed by atoms with Crippen molar-refractivity contribution in [3.05, 3.63) is 22.2 Å². The number of benzene rings is 1. The first kappa shape index (κ1) is 14.0. The first-order chi connectivity index (χ1) is 7.95. The van der Waals surface area contributed by atoms with E-state index in [1.165, 1.54) is 0 Å². The third-order valence-corrected chi connectivity index (χ3v) is 2.85. The molecule has 1 atom stereocenters. The Morgan fingerprint density at radius 3 is 2.82 bits per heavy atom. The highest BCUT2D eigenvalue weighted by Gasteiger charge is 2.14. The van der Waals surface area contributed by atoms with Crippen LogP contribution in [0.15, 0.2) is 16.6 Å². The van der Waals surface area contributed by atoms with E-state index in [-0.39, 0.29) is 5.91 Å².